The maximum Gasteiger partial charge on any atom is 0.335 e. The van der Waals surface area contributed by atoms with E-state index in [0.29, 0.717) is 12.2 Å². The lowest BCUT2D eigenvalue weighted by atomic mass is 10.2. The molecular weight excluding hydrogens is 244 g/mol. The maximum atomic E-state index is 12.0. The minimum Gasteiger partial charge on any atom is -0.478 e. The van der Waals surface area contributed by atoms with Gasteiger partial charge in [0.2, 0.25) is 0 Å². The number of carboxylic acids is 1. The molecule has 1 aromatic carbocycles. The van der Waals surface area contributed by atoms with Crippen molar-refractivity contribution in [2.75, 3.05) is 11.9 Å². The van der Waals surface area contributed by atoms with Crippen LogP contribution in [0.2, 0.25) is 0 Å². The van der Waals surface area contributed by atoms with Gasteiger partial charge >= 0.3 is 12.0 Å². The predicted molar refractivity (Wildman–Crippen MR) is 74.5 cm³/mol. The molecule has 19 heavy (non-hydrogen) atoms. The Morgan fingerprint density at radius 1 is 1.47 bits per heavy atom. The molecule has 0 fully saturated rings. The number of carbonyl (C=O) groups excluding carboxylic acids is 1. The summed E-state index contributed by atoms with van der Waals surface area (Å²) in [5, 5.41) is 11.6. The summed E-state index contributed by atoms with van der Waals surface area (Å²) >= 11 is 0. The fourth-order valence-electron chi connectivity index (χ4n) is 1.59. The van der Waals surface area contributed by atoms with Crippen molar-refractivity contribution < 1.29 is 14.7 Å². The number of carbonyl (C=O) groups is 2. The van der Waals surface area contributed by atoms with E-state index in [1.807, 2.05) is 13.8 Å². The number of hydrogen-bond donors (Lipinski definition) is 2. The third kappa shape index (κ3) is 4.13. The van der Waals surface area contributed by atoms with Crippen LogP contribution in [-0.2, 0) is 0 Å². The van der Waals surface area contributed by atoms with E-state index in [2.05, 4.69) is 11.9 Å². The van der Waals surface area contributed by atoms with Gasteiger partial charge in [-0.1, -0.05) is 12.1 Å². The van der Waals surface area contributed by atoms with Crippen LogP contribution >= 0.6 is 0 Å². The van der Waals surface area contributed by atoms with E-state index in [-0.39, 0.29) is 17.6 Å². The van der Waals surface area contributed by atoms with Gasteiger partial charge in [0.15, 0.2) is 0 Å². The van der Waals surface area contributed by atoms with Crippen LogP contribution in [0, 0.1) is 0 Å². The van der Waals surface area contributed by atoms with Gasteiger partial charge in [-0.3, -0.25) is 0 Å². The molecule has 0 atom stereocenters. The molecule has 1 rings (SSSR count). The van der Waals surface area contributed by atoms with Crippen LogP contribution in [-0.4, -0.2) is 34.6 Å². The van der Waals surface area contributed by atoms with Gasteiger partial charge < -0.3 is 15.3 Å². The number of nitrogens with zero attached hydrogens (tertiary/aromatic N) is 1. The molecule has 0 saturated heterocycles. The summed E-state index contributed by atoms with van der Waals surface area (Å²) in [6.45, 7) is 7.84. The highest BCUT2D eigenvalue weighted by Gasteiger charge is 2.15. The van der Waals surface area contributed by atoms with Crippen LogP contribution in [0.25, 0.3) is 0 Å². The zero-order valence-electron chi connectivity index (χ0n) is 11.1. The Bertz CT molecular complexity index is 483. The molecule has 0 aliphatic rings. The highest BCUT2D eigenvalue weighted by Crippen LogP contribution is 2.12. The number of anilines is 1. The van der Waals surface area contributed by atoms with Crippen molar-refractivity contribution in [1.29, 1.82) is 0 Å². The Labute approximate surface area is 112 Å². The highest BCUT2D eigenvalue weighted by molar-refractivity contribution is 5.93. The van der Waals surface area contributed by atoms with E-state index in [1.54, 1.807) is 23.1 Å². The van der Waals surface area contributed by atoms with E-state index in [1.165, 1.54) is 12.1 Å². The average molecular weight is 262 g/mol. The minimum atomic E-state index is -1.03. The van der Waals surface area contributed by atoms with Crippen molar-refractivity contribution in [2.45, 2.75) is 19.9 Å². The monoisotopic (exact) mass is 262 g/mol. The Morgan fingerprint density at radius 2 is 2.16 bits per heavy atom. The molecule has 2 amide bonds. The number of aromatic carboxylic acids is 1. The first-order valence-electron chi connectivity index (χ1n) is 5.97. The standard InChI is InChI=1S/C14H18N2O3/c1-4-8-16(10(2)3)14(19)15-12-7-5-6-11(9-12)13(17)18/h4-7,9-10H,1,8H2,2-3H3,(H,15,19)(H,17,18). The molecule has 0 aromatic heterocycles. The lowest BCUT2D eigenvalue weighted by Crippen LogP contribution is -2.40. The predicted octanol–water partition coefficient (Wildman–Crippen LogP) is 2.81. The van der Waals surface area contributed by atoms with Crippen molar-refractivity contribution >= 4 is 17.7 Å². The maximum absolute atomic E-state index is 12.0. The first-order chi connectivity index (χ1) is 8.95. The quantitative estimate of drug-likeness (QED) is 0.802. The molecule has 0 aliphatic heterocycles. The lowest BCUT2D eigenvalue weighted by molar-refractivity contribution is 0.0697. The summed E-state index contributed by atoms with van der Waals surface area (Å²) in [5.41, 5.74) is 0.595. The normalized spacial score (nSPS) is 10.1. The second kappa shape index (κ2) is 6.58. The molecule has 5 nitrogen and oxygen atoms in total. The van der Waals surface area contributed by atoms with Gasteiger partial charge in [0.05, 0.1) is 5.56 Å². The van der Waals surface area contributed by atoms with Gasteiger partial charge in [-0.25, -0.2) is 9.59 Å². The number of rotatable bonds is 5. The first kappa shape index (κ1) is 14.8. The van der Waals surface area contributed by atoms with Crippen LogP contribution < -0.4 is 5.32 Å². The summed E-state index contributed by atoms with van der Waals surface area (Å²) < 4.78 is 0. The Morgan fingerprint density at radius 3 is 2.68 bits per heavy atom. The molecule has 1 aromatic rings. The topological polar surface area (TPSA) is 69.6 Å². The third-order valence-corrected chi connectivity index (χ3v) is 2.57. The number of benzene rings is 1. The van der Waals surface area contributed by atoms with E-state index in [0.717, 1.165) is 0 Å². The fraction of sp³-hybridized carbons (Fsp3) is 0.286. The summed E-state index contributed by atoms with van der Waals surface area (Å²) in [7, 11) is 0. The minimum absolute atomic E-state index is 0.0284. The van der Waals surface area contributed by atoms with Crippen LogP contribution in [0.1, 0.15) is 24.2 Å². The first-order valence-corrected chi connectivity index (χ1v) is 5.97. The Hall–Kier alpha value is -2.30. The second-order valence-electron chi connectivity index (χ2n) is 4.35. The van der Waals surface area contributed by atoms with E-state index in [9.17, 15) is 9.59 Å². The lowest BCUT2D eigenvalue weighted by Gasteiger charge is -2.25. The van der Waals surface area contributed by atoms with Gasteiger partial charge in [-0.2, -0.15) is 0 Å². The molecule has 5 heteroatoms. The van der Waals surface area contributed by atoms with Gasteiger partial charge in [0.1, 0.15) is 0 Å². The van der Waals surface area contributed by atoms with Crippen molar-refractivity contribution in [2.24, 2.45) is 0 Å². The van der Waals surface area contributed by atoms with Gasteiger partial charge in [0.25, 0.3) is 0 Å². The van der Waals surface area contributed by atoms with Crippen LogP contribution in [0.5, 0.6) is 0 Å². The molecule has 0 bridgehead atoms. The molecule has 0 spiro atoms. The molecule has 0 saturated carbocycles. The summed E-state index contributed by atoms with van der Waals surface area (Å²) in [6, 6.07) is 5.88. The Kier molecular flexibility index (Phi) is 5.11. The third-order valence-electron chi connectivity index (χ3n) is 2.57. The fourth-order valence-corrected chi connectivity index (χ4v) is 1.59. The van der Waals surface area contributed by atoms with Crippen LogP contribution in [0.15, 0.2) is 36.9 Å². The smallest absolute Gasteiger partial charge is 0.335 e. The number of nitrogens with one attached hydrogen (secondary N) is 1. The van der Waals surface area contributed by atoms with Gasteiger partial charge in [-0.15, -0.1) is 6.58 Å². The molecule has 2 N–H and O–H groups in total. The van der Waals surface area contributed by atoms with Crippen LogP contribution in [0.3, 0.4) is 0 Å². The molecule has 0 aliphatic carbocycles. The van der Waals surface area contributed by atoms with E-state index >= 15 is 0 Å². The molecular formula is C14H18N2O3. The number of urea groups is 1. The van der Waals surface area contributed by atoms with Crippen molar-refractivity contribution in [3.63, 3.8) is 0 Å². The summed E-state index contributed by atoms with van der Waals surface area (Å²) in [5.74, 6) is -1.03. The van der Waals surface area contributed by atoms with Crippen molar-refractivity contribution in [3.8, 4) is 0 Å². The van der Waals surface area contributed by atoms with Crippen molar-refractivity contribution in [1.82, 2.24) is 4.90 Å². The molecule has 0 heterocycles. The summed E-state index contributed by atoms with van der Waals surface area (Å²) in [6.07, 6.45) is 1.65. The number of amides is 2. The largest absolute Gasteiger partial charge is 0.478 e. The van der Waals surface area contributed by atoms with Crippen molar-refractivity contribution in [3.05, 3.63) is 42.5 Å². The average Bonchev–Trinajstić information content (AvgIpc) is 2.35. The number of hydrogen-bond acceptors (Lipinski definition) is 2. The second-order valence-corrected chi connectivity index (χ2v) is 4.35. The summed E-state index contributed by atoms with van der Waals surface area (Å²) in [4.78, 5) is 24.5. The molecule has 0 unspecified atom stereocenters. The van der Waals surface area contributed by atoms with Gasteiger partial charge in [0, 0.05) is 18.3 Å². The molecule has 0 radical (unpaired) electrons. The van der Waals surface area contributed by atoms with E-state index in [4.69, 9.17) is 5.11 Å². The molecule has 102 valence electrons. The zero-order chi connectivity index (χ0) is 14.4. The highest BCUT2D eigenvalue weighted by atomic mass is 16.4. The SMILES string of the molecule is C=CCN(C(=O)Nc1cccc(C(=O)O)c1)C(C)C. The van der Waals surface area contributed by atoms with Gasteiger partial charge in [-0.05, 0) is 32.0 Å². The van der Waals surface area contributed by atoms with Crippen LogP contribution in [0.4, 0.5) is 10.5 Å². The zero-order valence-corrected chi connectivity index (χ0v) is 11.1. The number of carboxylic acid groups (broad SMARTS) is 1. The Balaban J connectivity index is 2.83. The van der Waals surface area contributed by atoms with E-state index < -0.39 is 5.97 Å².